The molecule has 21 heavy (non-hydrogen) atoms. The van der Waals surface area contributed by atoms with Crippen LogP contribution in [0.3, 0.4) is 0 Å². The molecule has 0 aromatic carbocycles. The van der Waals surface area contributed by atoms with Crippen molar-refractivity contribution < 1.29 is 14.7 Å². The van der Waals surface area contributed by atoms with Crippen molar-refractivity contribution in [1.82, 2.24) is 15.6 Å². The fourth-order valence-electron chi connectivity index (χ4n) is 2.62. The minimum absolute atomic E-state index is 0.0721. The number of carboxylic acid groups (broad SMARTS) is 1. The molecule has 1 atom stereocenters. The van der Waals surface area contributed by atoms with Gasteiger partial charge in [-0.05, 0) is 25.8 Å². The topological polar surface area (TPSA) is 91.3 Å². The largest absolute Gasteiger partial charge is 0.476 e. The predicted molar refractivity (Wildman–Crippen MR) is 80.6 cm³/mol. The molecule has 0 radical (unpaired) electrons. The highest BCUT2D eigenvalue weighted by atomic mass is 32.1. The van der Waals surface area contributed by atoms with E-state index in [1.54, 1.807) is 0 Å². The molecule has 116 valence electrons. The summed E-state index contributed by atoms with van der Waals surface area (Å²) in [4.78, 5) is 27.2. The third-order valence-electron chi connectivity index (χ3n) is 4.03. The Morgan fingerprint density at radius 2 is 2.38 bits per heavy atom. The summed E-state index contributed by atoms with van der Waals surface area (Å²) in [6.45, 7) is 4.25. The molecule has 0 bridgehead atoms. The Hall–Kier alpha value is -1.47. The van der Waals surface area contributed by atoms with Crippen LogP contribution >= 0.6 is 11.3 Å². The van der Waals surface area contributed by atoms with Crippen molar-refractivity contribution >= 4 is 23.2 Å². The summed E-state index contributed by atoms with van der Waals surface area (Å²) in [5, 5.41) is 17.3. The molecule has 1 aliphatic heterocycles. The van der Waals surface area contributed by atoms with Crippen molar-refractivity contribution in [2.75, 3.05) is 19.6 Å². The summed E-state index contributed by atoms with van der Waals surface area (Å²) in [5.41, 5.74) is -0.226. The molecule has 1 fully saturated rings. The summed E-state index contributed by atoms with van der Waals surface area (Å²) in [5.74, 6) is -0.924. The second kappa shape index (κ2) is 7.00. The van der Waals surface area contributed by atoms with Crippen molar-refractivity contribution in [2.24, 2.45) is 5.41 Å². The average Bonchev–Trinajstić information content (AvgIpc) is 2.97. The van der Waals surface area contributed by atoms with Crippen LogP contribution in [0.15, 0.2) is 5.38 Å². The molecule has 0 aliphatic carbocycles. The molecule has 6 nitrogen and oxygen atoms in total. The van der Waals surface area contributed by atoms with Crippen LogP contribution in [-0.4, -0.2) is 41.6 Å². The summed E-state index contributed by atoms with van der Waals surface area (Å²) in [6.07, 6.45) is 3.33. The van der Waals surface area contributed by atoms with E-state index in [-0.39, 0.29) is 17.0 Å². The fourth-order valence-corrected chi connectivity index (χ4v) is 3.39. The highest BCUT2D eigenvalue weighted by Crippen LogP contribution is 2.30. The molecule has 1 amide bonds. The Balaban J connectivity index is 1.84. The first kappa shape index (κ1) is 15.9. The second-order valence-corrected chi connectivity index (χ2v) is 6.29. The molecule has 0 spiro atoms. The van der Waals surface area contributed by atoms with Gasteiger partial charge in [-0.1, -0.05) is 6.92 Å². The van der Waals surface area contributed by atoms with Crippen LogP contribution < -0.4 is 10.6 Å². The first-order valence-electron chi connectivity index (χ1n) is 7.24. The van der Waals surface area contributed by atoms with Crippen molar-refractivity contribution in [3.8, 4) is 0 Å². The van der Waals surface area contributed by atoms with Crippen molar-refractivity contribution in [3.63, 3.8) is 0 Å². The summed E-state index contributed by atoms with van der Waals surface area (Å²) < 4.78 is 0. The average molecular weight is 311 g/mol. The highest BCUT2D eigenvalue weighted by molar-refractivity contribution is 7.09. The molecule has 1 saturated heterocycles. The maximum absolute atomic E-state index is 12.4. The van der Waals surface area contributed by atoms with Crippen LogP contribution in [0.1, 0.15) is 41.7 Å². The van der Waals surface area contributed by atoms with E-state index in [9.17, 15) is 9.59 Å². The highest BCUT2D eigenvalue weighted by Gasteiger charge is 2.37. The van der Waals surface area contributed by atoms with Crippen molar-refractivity contribution in [2.45, 2.75) is 32.6 Å². The quantitative estimate of drug-likeness (QED) is 0.736. The Bertz CT molecular complexity index is 509. The first-order chi connectivity index (χ1) is 10.1. The van der Waals surface area contributed by atoms with Gasteiger partial charge in [-0.2, -0.15) is 0 Å². The number of nitrogens with one attached hydrogen (secondary N) is 2. The van der Waals surface area contributed by atoms with Crippen molar-refractivity contribution in [1.29, 1.82) is 0 Å². The summed E-state index contributed by atoms with van der Waals surface area (Å²) >= 11 is 1.31. The lowest BCUT2D eigenvalue weighted by molar-refractivity contribution is -0.132. The van der Waals surface area contributed by atoms with Gasteiger partial charge in [0.15, 0.2) is 5.69 Å². The molecule has 2 heterocycles. The van der Waals surface area contributed by atoms with Crippen molar-refractivity contribution in [3.05, 3.63) is 16.1 Å². The SMILES string of the molecule is CCC1(C(=O)NCCc2nc(C(=O)O)cs2)CCCNC1. The van der Waals surface area contributed by atoms with Gasteiger partial charge in [-0.25, -0.2) is 9.78 Å². The lowest BCUT2D eigenvalue weighted by Gasteiger charge is -2.35. The third kappa shape index (κ3) is 3.79. The van der Waals surface area contributed by atoms with Gasteiger partial charge in [0.1, 0.15) is 0 Å². The number of carboxylic acids is 1. The van der Waals surface area contributed by atoms with Gasteiger partial charge in [0.2, 0.25) is 5.91 Å². The minimum atomic E-state index is -1.01. The summed E-state index contributed by atoms with van der Waals surface area (Å²) in [6, 6.07) is 0. The van der Waals surface area contributed by atoms with Crippen LogP contribution in [-0.2, 0) is 11.2 Å². The van der Waals surface area contributed by atoms with E-state index in [1.807, 2.05) is 6.92 Å². The van der Waals surface area contributed by atoms with E-state index >= 15 is 0 Å². The molecule has 1 aromatic heterocycles. The van der Waals surface area contributed by atoms with E-state index in [2.05, 4.69) is 15.6 Å². The predicted octanol–water partition coefficient (Wildman–Crippen LogP) is 1.28. The Morgan fingerprint density at radius 3 is 2.95 bits per heavy atom. The number of aromatic carboxylic acids is 1. The zero-order valence-electron chi connectivity index (χ0n) is 12.1. The van der Waals surface area contributed by atoms with E-state index in [1.165, 1.54) is 16.7 Å². The molecule has 0 saturated carbocycles. The van der Waals surface area contributed by atoms with Gasteiger partial charge in [0.25, 0.3) is 0 Å². The normalized spacial score (nSPS) is 22.0. The van der Waals surface area contributed by atoms with Crippen LogP contribution in [0.25, 0.3) is 0 Å². The van der Waals surface area contributed by atoms with E-state index in [4.69, 9.17) is 5.11 Å². The Labute approximate surface area is 128 Å². The van der Waals surface area contributed by atoms with Crippen LogP contribution in [0.2, 0.25) is 0 Å². The molecule has 7 heteroatoms. The first-order valence-corrected chi connectivity index (χ1v) is 8.12. The number of carbonyl (C=O) groups excluding carboxylic acids is 1. The fraction of sp³-hybridized carbons (Fsp3) is 0.643. The van der Waals surface area contributed by atoms with Gasteiger partial charge in [0, 0.05) is 24.9 Å². The van der Waals surface area contributed by atoms with Gasteiger partial charge in [-0.15, -0.1) is 11.3 Å². The number of carbonyl (C=O) groups is 2. The Kier molecular flexibility index (Phi) is 5.30. The molecule has 2 rings (SSSR count). The zero-order chi connectivity index (χ0) is 15.3. The number of hydrogen-bond donors (Lipinski definition) is 3. The molecule has 1 aliphatic rings. The zero-order valence-corrected chi connectivity index (χ0v) is 13.0. The summed E-state index contributed by atoms with van der Waals surface area (Å²) in [7, 11) is 0. The maximum atomic E-state index is 12.4. The number of amides is 1. The van der Waals surface area contributed by atoms with Gasteiger partial charge in [-0.3, -0.25) is 4.79 Å². The second-order valence-electron chi connectivity index (χ2n) is 5.35. The number of thiazole rings is 1. The van der Waals surface area contributed by atoms with E-state index in [0.29, 0.717) is 13.0 Å². The lowest BCUT2D eigenvalue weighted by atomic mass is 9.77. The van der Waals surface area contributed by atoms with Gasteiger partial charge < -0.3 is 15.7 Å². The molecule has 3 N–H and O–H groups in total. The maximum Gasteiger partial charge on any atom is 0.355 e. The molecular weight excluding hydrogens is 290 g/mol. The number of nitrogens with zero attached hydrogens (tertiary/aromatic N) is 1. The molecule has 1 aromatic rings. The number of aromatic nitrogens is 1. The van der Waals surface area contributed by atoms with E-state index in [0.717, 1.165) is 37.4 Å². The third-order valence-corrected chi connectivity index (χ3v) is 4.93. The molecular formula is C14H21N3O3S. The van der Waals surface area contributed by atoms with Gasteiger partial charge >= 0.3 is 5.97 Å². The lowest BCUT2D eigenvalue weighted by Crippen LogP contribution is -2.50. The standard InChI is InChI=1S/C14H21N3O3S/c1-2-14(5-3-6-15-9-14)13(20)16-7-4-11-17-10(8-21-11)12(18)19/h8,15H,2-7,9H2,1H3,(H,16,20)(H,18,19). The minimum Gasteiger partial charge on any atom is -0.476 e. The van der Waals surface area contributed by atoms with Crippen LogP contribution in [0, 0.1) is 5.41 Å². The number of hydrogen-bond acceptors (Lipinski definition) is 5. The Morgan fingerprint density at radius 1 is 1.57 bits per heavy atom. The monoisotopic (exact) mass is 311 g/mol. The number of piperidine rings is 1. The van der Waals surface area contributed by atoms with E-state index < -0.39 is 5.97 Å². The van der Waals surface area contributed by atoms with Crippen LogP contribution in [0.4, 0.5) is 0 Å². The molecule has 1 unspecified atom stereocenters. The number of rotatable bonds is 6. The van der Waals surface area contributed by atoms with Gasteiger partial charge in [0.05, 0.1) is 10.4 Å². The van der Waals surface area contributed by atoms with Crippen LogP contribution in [0.5, 0.6) is 0 Å². The smallest absolute Gasteiger partial charge is 0.355 e.